The van der Waals surface area contributed by atoms with E-state index in [0.29, 0.717) is 12.5 Å². The Morgan fingerprint density at radius 2 is 1.94 bits per heavy atom. The summed E-state index contributed by atoms with van der Waals surface area (Å²) in [7, 11) is 3.61. The Hall–Kier alpha value is -3.48. The lowest BCUT2D eigenvalue weighted by Crippen LogP contribution is -2.23. The molecule has 32 heavy (non-hydrogen) atoms. The van der Waals surface area contributed by atoms with Crippen molar-refractivity contribution < 1.29 is 4.74 Å². The average molecular weight is 429 g/mol. The predicted molar refractivity (Wildman–Crippen MR) is 126 cm³/mol. The van der Waals surface area contributed by atoms with Gasteiger partial charge in [-0.1, -0.05) is 31.4 Å². The molecule has 3 aromatic heterocycles. The molecule has 0 spiro atoms. The zero-order valence-electron chi connectivity index (χ0n) is 18.6. The van der Waals surface area contributed by atoms with Crippen LogP contribution in [0.3, 0.4) is 0 Å². The molecule has 1 aromatic carbocycles. The lowest BCUT2D eigenvalue weighted by molar-refractivity contribution is 0.410. The van der Waals surface area contributed by atoms with E-state index in [0.717, 1.165) is 45.0 Å². The van der Waals surface area contributed by atoms with Crippen LogP contribution in [-0.2, 0) is 13.5 Å². The topological polar surface area (TPSA) is 77.8 Å². The van der Waals surface area contributed by atoms with Crippen molar-refractivity contribution in [2.24, 2.45) is 7.05 Å². The minimum Gasteiger partial charge on any atom is -0.496 e. The van der Waals surface area contributed by atoms with E-state index in [4.69, 9.17) is 9.72 Å². The summed E-state index contributed by atoms with van der Waals surface area (Å²) >= 11 is 0. The van der Waals surface area contributed by atoms with E-state index in [-0.39, 0.29) is 0 Å². The number of nitrogens with one attached hydrogen (secondary N) is 1. The van der Waals surface area contributed by atoms with Crippen LogP contribution in [0.1, 0.15) is 43.5 Å². The number of hydrogen-bond acceptors (Lipinski definition) is 6. The molecule has 0 amide bonds. The molecule has 164 valence electrons. The van der Waals surface area contributed by atoms with Crippen LogP contribution in [0.4, 0.5) is 5.82 Å². The van der Waals surface area contributed by atoms with E-state index in [1.54, 1.807) is 11.8 Å². The first kappa shape index (κ1) is 20.4. The van der Waals surface area contributed by atoms with Crippen molar-refractivity contribution >= 4 is 16.7 Å². The van der Waals surface area contributed by atoms with Crippen LogP contribution < -0.4 is 10.1 Å². The summed E-state index contributed by atoms with van der Waals surface area (Å²) in [5.74, 6) is 2.43. The molecule has 0 aliphatic heterocycles. The fourth-order valence-corrected chi connectivity index (χ4v) is 4.43. The van der Waals surface area contributed by atoms with Crippen LogP contribution in [-0.4, -0.2) is 37.9 Å². The highest BCUT2D eigenvalue weighted by molar-refractivity contribution is 5.87. The summed E-state index contributed by atoms with van der Waals surface area (Å²) in [4.78, 5) is 14.1. The Labute approximate surface area is 187 Å². The molecule has 0 radical (unpaired) electrons. The van der Waals surface area contributed by atoms with Gasteiger partial charge in [-0.05, 0) is 30.5 Å². The van der Waals surface area contributed by atoms with E-state index in [1.165, 1.54) is 32.1 Å². The number of benzene rings is 1. The van der Waals surface area contributed by atoms with Gasteiger partial charge in [-0.15, -0.1) is 0 Å². The molecule has 3 heterocycles. The molecule has 1 fully saturated rings. The third-order valence-corrected chi connectivity index (χ3v) is 6.17. The predicted octanol–water partition coefficient (Wildman–Crippen LogP) is 4.77. The SMILES string of the molecule is COc1cc(-c2cnn(C)c2)ccc1Cc1ncc2ccnc(NC3CCCCC3)c2n1. The monoisotopic (exact) mass is 428 g/mol. The van der Waals surface area contributed by atoms with Crippen LogP contribution in [0.25, 0.3) is 22.0 Å². The molecule has 1 aliphatic rings. The molecule has 0 atom stereocenters. The maximum atomic E-state index is 5.69. The van der Waals surface area contributed by atoms with Crippen molar-refractivity contribution in [3.63, 3.8) is 0 Å². The summed E-state index contributed by atoms with van der Waals surface area (Å²) in [5, 5.41) is 8.89. The zero-order valence-corrected chi connectivity index (χ0v) is 18.6. The van der Waals surface area contributed by atoms with Gasteiger partial charge in [-0.25, -0.2) is 15.0 Å². The van der Waals surface area contributed by atoms with Gasteiger partial charge in [-0.3, -0.25) is 4.68 Å². The van der Waals surface area contributed by atoms with E-state index in [9.17, 15) is 0 Å². The molecular formula is C25H28N6O. The van der Waals surface area contributed by atoms with Gasteiger partial charge in [0.15, 0.2) is 5.82 Å². The largest absolute Gasteiger partial charge is 0.496 e. The number of rotatable bonds is 6. The first-order valence-corrected chi connectivity index (χ1v) is 11.2. The molecule has 1 aliphatic carbocycles. The molecule has 7 heteroatoms. The van der Waals surface area contributed by atoms with Crippen molar-refractivity contribution in [1.82, 2.24) is 24.7 Å². The average Bonchev–Trinajstić information content (AvgIpc) is 3.26. The van der Waals surface area contributed by atoms with Gasteiger partial charge in [0.05, 0.1) is 13.3 Å². The second-order valence-electron chi connectivity index (χ2n) is 8.47. The van der Waals surface area contributed by atoms with Crippen molar-refractivity contribution in [3.05, 3.63) is 60.4 Å². The molecule has 7 nitrogen and oxygen atoms in total. The minimum absolute atomic E-state index is 0.473. The van der Waals surface area contributed by atoms with Crippen LogP contribution in [0.2, 0.25) is 0 Å². The maximum absolute atomic E-state index is 5.69. The van der Waals surface area contributed by atoms with Crippen LogP contribution >= 0.6 is 0 Å². The summed E-state index contributed by atoms with van der Waals surface area (Å²) < 4.78 is 7.49. The lowest BCUT2D eigenvalue weighted by atomic mass is 9.95. The highest BCUT2D eigenvalue weighted by Crippen LogP contribution is 2.29. The van der Waals surface area contributed by atoms with E-state index in [2.05, 4.69) is 32.5 Å². The van der Waals surface area contributed by atoms with E-state index < -0.39 is 0 Å². The second-order valence-corrected chi connectivity index (χ2v) is 8.47. The van der Waals surface area contributed by atoms with Crippen LogP contribution in [0.5, 0.6) is 5.75 Å². The molecule has 4 aromatic rings. The normalized spacial score (nSPS) is 14.6. The Morgan fingerprint density at radius 3 is 2.72 bits per heavy atom. The van der Waals surface area contributed by atoms with Crippen molar-refractivity contribution in [1.29, 1.82) is 0 Å². The quantitative estimate of drug-likeness (QED) is 0.477. The fraction of sp³-hybridized carbons (Fsp3) is 0.360. The van der Waals surface area contributed by atoms with Gasteiger partial charge >= 0.3 is 0 Å². The van der Waals surface area contributed by atoms with Gasteiger partial charge in [0, 0.05) is 54.6 Å². The van der Waals surface area contributed by atoms with E-state index in [1.807, 2.05) is 44.0 Å². The molecule has 1 N–H and O–H groups in total. The number of ether oxygens (including phenoxy) is 1. The number of nitrogens with zero attached hydrogens (tertiary/aromatic N) is 5. The number of pyridine rings is 1. The Kier molecular flexibility index (Phi) is 5.71. The van der Waals surface area contributed by atoms with Crippen molar-refractivity contribution in [2.45, 2.75) is 44.6 Å². The highest BCUT2D eigenvalue weighted by atomic mass is 16.5. The van der Waals surface area contributed by atoms with Gasteiger partial charge in [0.1, 0.15) is 17.1 Å². The molecule has 1 saturated carbocycles. The number of hydrogen-bond donors (Lipinski definition) is 1. The number of fused-ring (bicyclic) bond motifs is 1. The second kappa shape index (κ2) is 8.94. The first-order chi connectivity index (χ1) is 15.7. The Bertz CT molecular complexity index is 1230. The van der Waals surface area contributed by atoms with Gasteiger partial charge in [0.2, 0.25) is 0 Å². The van der Waals surface area contributed by atoms with Gasteiger partial charge < -0.3 is 10.1 Å². The molecule has 0 saturated heterocycles. The van der Waals surface area contributed by atoms with E-state index >= 15 is 0 Å². The summed E-state index contributed by atoms with van der Waals surface area (Å²) in [5.41, 5.74) is 4.06. The lowest BCUT2D eigenvalue weighted by Gasteiger charge is -2.23. The standard InChI is InChI=1S/C25H28N6O/c1-31-16-20(15-28-31)17-8-9-18(22(12-17)32-2)13-23-27-14-19-10-11-26-25(24(19)30-23)29-21-6-4-3-5-7-21/h8-12,14-16,21H,3-7,13H2,1-2H3,(H,26,29). The fourth-order valence-electron chi connectivity index (χ4n) is 4.43. The van der Waals surface area contributed by atoms with Crippen LogP contribution in [0.15, 0.2) is 49.1 Å². The van der Waals surface area contributed by atoms with Crippen molar-refractivity contribution in [2.75, 3.05) is 12.4 Å². The highest BCUT2D eigenvalue weighted by Gasteiger charge is 2.16. The first-order valence-electron chi connectivity index (χ1n) is 11.2. The summed E-state index contributed by atoms with van der Waals surface area (Å²) in [6.07, 6.45) is 14.4. The van der Waals surface area contributed by atoms with Crippen molar-refractivity contribution in [3.8, 4) is 16.9 Å². The Morgan fingerprint density at radius 1 is 1.06 bits per heavy atom. The molecular weight excluding hydrogens is 400 g/mol. The third kappa shape index (κ3) is 4.28. The number of methoxy groups -OCH3 is 1. The maximum Gasteiger partial charge on any atom is 0.152 e. The number of aromatic nitrogens is 5. The van der Waals surface area contributed by atoms with Gasteiger partial charge in [0.25, 0.3) is 0 Å². The van der Waals surface area contributed by atoms with Gasteiger partial charge in [-0.2, -0.15) is 5.10 Å². The number of aryl methyl sites for hydroxylation is 1. The Balaban J connectivity index is 1.43. The smallest absolute Gasteiger partial charge is 0.152 e. The number of anilines is 1. The molecule has 0 unspecified atom stereocenters. The third-order valence-electron chi connectivity index (χ3n) is 6.17. The summed E-state index contributed by atoms with van der Waals surface area (Å²) in [6.45, 7) is 0. The summed E-state index contributed by atoms with van der Waals surface area (Å²) in [6, 6.07) is 8.66. The van der Waals surface area contributed by atoms with Crippen LogP contribution in [0, 0.1) is 0 Å². The molecule has 0 bridgehead atoms. The minimum atomic E-state index is 0.473. The zero-order chi connectivity index (χ0) is 21.9. The molecule has 5 rings (SSSR count).